The van der Waals surface area contributed by atoms with Crippen LogP contribution in [0.25, 0.3) is 10.9 Å². The van der Waals surface area contributed by atoms with Gasteiger partial charge >= 0.3 is 0 Å². The molecule has 0 radical (unpaired) electrons. The van der Waals surface area contributed by atoms with Crippen molar-refractivity contribution in [1.29, 1.82) is 0 Å². The van der Waals surface area contributed by atoms with Crippen LogP contribution in [-0.4, -0.2) is 39.4 Å². The number of hydrogen-bond donors (Lipinski definition) is 0. The minimum absolute atomic E-state index is 0.0536. The molecule has 6 heteroatoms. The first-order valence-corrected chi connectivity index (χ1v) is 8.44. The Morgan fingerprint density at radius 1 is 1.29 bits per heavy atom. The number of aromatic nitrogens is 3. The third-order valence-corrected chi connectivity index (χ3v) is 4.79. The first kappa shape index (κ1) is 15.6. The fourth-order valence-electron chi connectivity index (χ4n) is 3.29. The third-order valence-electron chi connectivity index (χ3n) is 4.48. The van der Waals surface area contributed by atoms with E-state index in [4.69, 9.17) is 16.3 Å². The number of pyridine rings is 1. The molecule has 0 aliphatic carbocycles. The van der Waals surface area contributed by atoms with Crippen LogP contribution in [0.15, 0.2) is 42.7 Å². The van der Waals surface area contributed by atoms with Crippen LogP contribution in [0.2, 0.25) is 5.02 Å². The lowest BCUT2D eigenvalue weighted by Crippen LogP contribution is -2.38. The van der Waals surface area contributed by atoms with Gasteiger partial charge in [0.05, 0.1) is 28.9 Å². The van der Waals surface area contributed by atoms with E-state index < -0.39 is 0 Å². The number of fused-ring (bicyclic) bond motifs is 1. The van der Waals surface area contributed by atoms with Crippen LogP contribution in [0.4, 0.5) is 0 Å². The van der Waals surface area contributed by atoms with Crippen molar-refractivity contribution < 1.29 is 4.74 Å². The summed E-state index contributed by atoms with van der Waals surface area (Å²) in [6, 6.07) is 9.95. The van der Waals surface area contributed by atoms with Crippen LogP contribution in [0, 0.1) is 0 Å². The molecule has 124 valence electrons. The van der Waals surface area contributed by atoms with Crippen molar-refractivity contribution in [2.45, 2.75) is 12.6 Å². The molecule has 0 saturated carbocycles. The summed E-state index contributed by atoms with van der Waals surface area (Å²) in [7, 11) is 1.96. The summed E-state index contributed by atoms with van der Waals surface area (Å²) in [6.07, 6.45) is 3.71. The molecule has 1 aliphatic rings. The smallest absolute Gasteiger partial charge is 0.0967 e. The van der Waals surface area contributed by atoms with Crippen molar-refractivity contribution in [3.63, 3.8) is 0 Å². The quantitative estimate of drug-likeness (QED) is 0.733. The van der Waals surface area contributed by atoms with Crippen LogP contribution in [0.3, 0.4) is 0 Å². The highest BCUT2D eigenvalue weighted by Gasteiger charge is 2.24. The Morgan fingerprint density at radius 2 is 2.21 bits per heavy atom. The van der Waals surface area contributed by atoms with Gasteiger partial charge in [-0.3, -0.25) is 14.6 Å². The van der Waals surface area contributed by atoms with E-state index in [9.17, 15) is 0 Å². The minimum atomic E-state index is 0.0536. The lowest BCUT2D eigenvalue weighted by atomic mass is 10.1. The van der Waals surface area contributed by atoms with E-state index in [0.717, 1.165) is 46.8 Å². The second kappa shape index (κ2) is 6.51. The Kier molecular flexibility index (Phi) is 4.22. The van der Waals surface area contributed by atoms with Gasteiger partial charge in [0.15, 0.2) is 0 Å². The molecule has 1 atom stereocenters. The normalized spacial score (nSPS) is 19.0. The van der Waals surface area contributed by atoms with Crippen LogP contribution in [0.1, 0.15) is 17.4 Å². The average molecular weight is 343 g/mol. The molecule has 0 amide bonds. The Bertz CT molecular complexity index is 849. The number of benzene rings is 1. The maximum atomic E-state index is 6.41. The van der Waals surface area contributed by atoms with Crippen molar-refractivity contribution in [3.8, 4) is 0 Å². The van der Waals surface area contributed by atoms with Gasteiger partial charge in [-0.1, -0.05) is 23.7 Å². The third kappa shape index (κ3) is 2.90. The molecule has 1 fully saturated rings. The SMILES string of the molecule is Cn1nc(CN2CCO[C@H](c3cccnc3)C2)c2c(Cl)cccc21. The molecule has 0 bridgehead atoms. The standard InChI is InChI=1S/C18H19ClN4O/c1-22-16-6-2-5-14(19)18(16)15(21-22)11-23-8-9-24-17(12-23)13-4-3-7-20-10-13/h2-7,10,17H,8-9,11-12H2,1H3/t17-/m0/s1. The second-order valence-electron chi connectivity index (χ2n) is 6.09. The molecule has 1 aromatic carbocycles. The Balaban J connectivity index is 1.57. The summed E-state index contributed by atoms with van der Waals surface area (Å²) in [5.74, 6) is 0. The maximum absolute atomic E-state index is 6.41. The van der Waals surface area contributed by atoms with E-state index in [2.05, 4.69) is 27.1 Å². The molecule has 1 aliphatic heterocycles. The van der Waals surface area contributed by atoms with Crippen molar-refractivity contribution in [1.82, 2.24) is 19.7 Å². The number of nitrogens with zero attached hydrogens (tertiary/aromatic N) is 4. The molecule has 0 spiro atoms. The molecular weight excluding hydrogens is 324 g/mol. The van der Waals surface area contributed by atoms with Crippen LogP contribution >= 0.6 is 11.6 Å². The summed E-state index contributed by atoms with van der Waals surface area (Å²) in [6.45, 7) is 3.19. The van der Waals surface area contributed by atoms with Gasteiger partial charge in [-0.2, -0.15) is 5.10 Å². The highest BCUT2D eigenvalue weighted by molar-refractivity contribution is 6.35. The summed E-state index contributed by atoms with van der Waals surface area (Å²) >= 11 is 6.41. The van der Waals surface area contributed by atoms with E-state index in [1.165, 1.54) is 0 Å². The van der Waals surface area contributed by atoms with Crippen molar-refractivity contribution in [2.24, 2.45) is 7.05 Å². The Hall–Kier alpha value is -1.95. The van der Waals surface area contributed by atoms with Gasteiger partial charge in [-0.05, 0) is 18.2 Å². The fraction of sp³-hybridized carbons (Fsp3) is 0.333. The molecule has 1 saturated heterocycles. The van der Waals surface area contributed by atoms with Crippen LogP contribution in [0.5, 0.6) is 0 Å². The summed E-state index contributed by atoms with van der Waals surface area (Å²) in [5.41, 5.74) is 3.20. The number of rotatable bonds is 3. The topological polar surface area (TPSA) is 43.2 Å². The van der Waals surface area contributed by atoms with Gasteiger partial charge in [-0.15, -0.1) is 0 Å². The van der Waals surface area contributed by atoms with Gasteiger partial charge in [0, 0.05) is 50.0 Å². The highest BCUT2D eigenvalue weighted by atomic mass is 35.5. The zero-order valence-corrected chi connectivity index (χ0v) is 14.3. The van der Waals surface area contributed by atoms with Gasteiger partial charge in [0.1, 0.15) is 0 Å². The van der Waals surface area contributed by atoms with Crippen LogP contribution in [-0.2, 0) is 18.3 Å². The molecule has 24 heavy (non-hydrogen) atoms. The zero-order chi connectivity index (χ0) is 16.5. The molecule has 0 unspecified atom stereocenters. The predicted molar refractivity (Wildman–Crippen MR) is 93.9 cm³/mol. The molecule has 3 heterocycles. The molecule has 4 rings (SSSR count). The number of aryl methyl sites for hydroxylation is 1. The largest absolute Gasteiger partial charge is 0.371 e. The van der Waals surface area contributed by atoms with E-state index in [1.807, 2.05) is 36.1 Å². The summed E-state index contributed by atoms with van der Waals surface area (Å²) in [4.78, 5) is 6.56. The zero-order valence-electron chi connectivity index (χ0n) is 13.5. The molecular formula is C18H19ClN4O. The van der Waals surface area contributed by atoms with E-state index >= 15 is 0 Å². The number of halogens is 1. The predicted octanol–water partition coefficient (Wildman–Crippen LogP) is 3.20. The Labute approximate surface area is 145 Å². The van der Waals surface area contributed by atoms with Crippen LogP contribution < -0.4 is 0 Å². The fourth-order valence-corrected chi connectivity index (χ4v) is 3.57. The monoisotopic (exact) mass is 342 g/mol. The Morgan fingerprint density at radius 3 is 3.04 bits per heavy atom. The minimum Gasteiger partial charge on any atom is -0.371 e. The number of morpholine rings is 1. The van der Waals surface area contributed by atoms with Crippen molar-refractivity contribution in [3.05, 3.63) is 59.0 Å². The van der Waals surface area contributed by atoms with E-state index in [0.29, 0.717) is 6.61 Å². The van der Waals surface area contributed by atoms with Gasteiger partial charge in [0.2, 0.25) is 0 Å². The second-order valence-corrected chi connectivity index (χ2v) is 6.49. The van der Waals surface area contributed by atoms with Gasteiger partial charge in [0.25, 0.3) is 0 Å². The average Bonchev–Trinajstić information content (AvgIpc) is 2.93. The molecule has 2 aromatic heterocycles. The lowest BCUT2D eigenvalue weighted by Gasteiger charge is -2.32. The highest BCUT2D eigenvalue weighted by Crippen LogP contribution is 2.28. The van der Waals surface area contributed by atoms with Gasteiger partial charge < -0.3 is 4.74 Å². The van der Waals surface area contributed by atoms with E-state index in [1.54, 1.807) is 6.20 Å². The first-order chi connectivity index (χ1) is 11.7. The molecule has 0 N–H and O–H groups in total. The first-order valence-electron chi connectivity index (χ1n) is 8.06. The lowest BCUT2D eigenvalue weighted by molar-refractivity contribution is -0.0333. The van der Waals surface area contributed by atoms with Gasteiger partial charge in [-0.25, -0.2) is 0 Å². The van der Waals surface area contributed by atoms with E-state index in [-0.39, 0.29) is 6.10 Å². The maximum Gasteiger partial charge on any atom is 0.0967 e. The van der Waals surface area contributed by atoms with Crippen molar-refractivity contribution >= 4 is 22.5 Å². The molecule has 3 aromatic rings. The summed E-state index contributed by atoms with van der Waals surface area (Å²) < 4.78 is 7.81. The number of ether oxygens (including phenoxy) is 1. The molecule has 5 nitrogen and oxygen atoms in total. The summed E-state index contributed by atoms with van der Waals surface area (Å²) in [5, 5.41) is 6.48. The number of hydrogen-bond acceptors (Lipinski definition) is 4. The van der Waals surface area contributed by atoms with Crippen molar-refractivity contribution in [2.75, 3.05) is 19.7 Å².